The van der Waals surface area contributed by atoms with Crippen molar-refractivity contribution in [2.45, 2.75) is 32.5 Å². The molecule has 0 radical (unpaired) electrons. The van der Waals surface area contributed by atoms with Crippen LogP contribution in [-0.4, -0.2) is 24.9 Å². The van der Waals surface area contributed by atoms with Crippen LogP contribution in [-0.2, 0) is 13.1 Å². The van der Waals surface area contributed by atoms with Gasteiger partial charge in [-0.1, -0.05) is 48.5 Å². The van der Waals surface area contributed by atoms with E-state index in [1.165, 1.54) is 0 Å². The average Bonchev–Trinajstić information content (AvgIpc) is 3.42. The minimum absolute atomic E-state index is 0.0229. The Balaban J connectivity index is 1.50. The second-order valence-electron chi connectivity index (χ2n) is 7.86. The van der Waals surface area contributed by atoms with Crippen molar-refractivity contribution in [3.05, 3.63) is 98.3 Å². The number of aromatic hydroxyl groups is 1. The lowest BCUT2D eigenvalue weighted by molar-refractivity contribution is 0.408. The van der Waals surface area contributed by atoms with E-state index >= 15 is 0 Å². The van der Waals surface area contributed by atoms with Gasteiger partial charge in [0, 0.05) is 35.6 Å². The minimum Gasteiger partial charge on any atom is -0.494 e. The van der Waals surface area contributed by atoms with Gasteiger partial charge in [0.25, 0.3) is 5.56 Å². The summed E-state index contributed by atoms with van der Waals surface area (Å²) in [5, 5.41) is 16.4. The zero-order chi connectivity index (χ0) is 22.2. The van der Waals surface area contributed by atoms with Crippen molar-refractivity contribution < 1.29 is 5.11 Å². The molecule has 0 amide bonds. The fourth-order valence-corrected chi connectivity index (χ4v) is 4.33. The van der Waals surface area contributed by atoms with Crippen LogP contribution >= 0.6 is 0 Å². The number of aryl methyl sites for hydroxylation is 1. The second-order valence-corrected chi connectivity index (χ2v) is 7.86. The van der Waals surface area contributed by atoms with Crippen LogP contribution < -0.4 is 16.7 Å². The molecule has 2 aromatic carbocycles. The lowest BCUT2D eigenvalue weighted by Crippen LogP contribution is -2.34. The van der Waals surface area contributed by atoms with Gasteiger partial charge >= 0.3 is 5.69 Å². The van der Waals surface area contributed by atoms with Crippen LogP contribution in [0.25, 0.3) is 10.9 Å². The van der Waals surface area contributed by atoms with E-state index in [4.69, 9.17) is 0 Å². The first-order valence-corrected chi connectivity index (χ1v) is 10.6. The molecule has 3 heterocycles. The number of hydrazone groups is 1. The van der Waals surface area contributed by atoms with Gasteiger partial charge < -0.3 is 15.1 Å². The van der Waals surface area contributed by atoms with Gasteiger partial charge in [-0.05, 0) is 18.6 Å². The molecule has 1 atom stereocenters. The number of hydrogen-bond acceptors (Lipinski definition) is 5. The summed E-state index contributed by atoms with van der Waals surface area (Å²) in [6, 6.07) is 17.3. The summed E-state index contributed by atoms with van der Waals surface area (Å²) >= 11 is 0. The molecule has 0 saturated heterocycles. The predicted molar refractivity (Wildman–Crippen MR) is 123 cm³/mol. The molecule has 1 aliphatic rings. The molecule has 5 rings (SSSR count). The second kappa shape index (κ2) is 7.88. The lowest BCUT2D eigenvalue weighted by Gasteiger charge is -2.12. The summed E-state index contributed by atoms with van der Waals surface area (Å²) in [4.78, 5) is 27.3. The van der Waals surface area contributed by atoms with Gasteiger partial charge in [0.1, 0.15) is 5.56 Å². The smallest absolute Gasteiger partial charge is 0.331 e. The Labute approximate surface area is 183 Å². The molecule has 8 nitrogen and oxygen atoms in total. The first kappa shape index (κ1) is 19.9. The predicted octanol–water partition coefficient (Wildman–Crippen LogP) is 2.70. The number of benzene rings is 2. The van der Waals surface area contributed by atoms with E-state index in [1.807, 2.05) is 42.5 Å². The lowest BCUT2D eigenvalue weighted by atomic mass is 9.99. The van der Waals surface area contributed by atoms with E-state index in [0.29, 0.717) is 12.1 Å². The highest BCUT2D eigenvalue weighted by Gasteiger charge is 2.29. The van der Waals surface area contributed by atoms with E-state index in [9.17, 15) is 14.7 Å². The van der Waals surface area contributed by atoms with Gasteiger partial charge in [0.05, 0.1) is 18.3 Å². The van der Waals surface area contributed by atoms with Crippen molar-refractivity contribution >= 4 is 16.6 Å². The molecular formula is C24H23N5O3. The Morgan fingerprint density at radius 2 is 1.84 bits per heavy atom. The third-order valence-corrected chi connectivity index (χ3v) is 5.93. The maximum atomic E-state index is 12.6. The zero-order valence-corrected chi connectivity index (χ0v) is 17.6. The molecule has 1 aliphatic heterocycles. The van der Waals surface area contributed by atoms with Gasteiger partial charge in [-0.2, -0.15) is 5.10 Å². The first-order chi connectivity index (χ1) is 15.6. The average molecular weight is 429 g/mol. The monoisotopic (exact) mass is 429 g/mol. The first-order valence-electron chi connectivity index (χ1n) is 10.6. The molecule has 4 aromatic rings. The van der Waals surface area contributed by atoms with Gasteiger partial charge in [0.15, 0.2) is 0 Å². The molecule has 0 aliphatic carbocycles. The third-order valence-electron chi connectivity index (χ3n) is 5.93. The van der Waals surface area contributed by atoms with Crippen LogP contribution in [0.5, 0.6) is 5.88 Å². The highest BCUT2D eigenvalue weighted by molar-refractivity contribution is 6.03. The van der Waals surface area contributed by atoms with Gasteiger partial charge in [-0.3, -0.25) is 14.3 Å². The van der Waals surface area contributed by atoms with Gasteiger partial charge in [0.2, 0.25) is 5.88 Å². The van der Waals surface area contributed by atoms with Crippen molar-refractivity contribution in [1.82, 2.24) is 19.5 Å². The van der Waals surface area contributed by atoms with Crippen LogP contribution in [0.2, 0.25) is 0 Å². The molecule has 32 heavy (non-hydrogen) atoms. The van der Waals surface area contributed by atoms with E-state index in [1.54, 1.807) is 0 Å². The molecule has 162 valence electrons. The summed E-state index contributed by atoms with van der Waals surface area (Å²) in [7, 11) is 0. The van der Waals surface area contributed by atoms with Crippen LogP contribution in [0.15, 0.2) is 75.5 Å². The van der Waals surface area contributed by atoms with Crippen molar-refractivity contribution in [2.24, 2.45) is 5.10 Å². The third kappa shape index (κ3) is 3.30. The summed E-state index contributed by atoms with van der Waals surface area (Å²) in [6.45, 7) is 3.07. The molecule has 0 spiro atoms. The van der Waals surface area contributed by atoms with E-state index in [-0.39, 0.29) is 24.0 Å². The summed E-state index contributed by atoms with van der Waals surface area (Å²) < 4.78 is 3.33. The standard InChI is InChI=1S/C24H23N5O3/c1-2-28-14-17(16-10-6-7-11-20(16)28)18-12-19(27-26-18)21-22(30)25-24(32)29(23(21)31)13-15-8-4-3-5-9-15/h3-11,14,18,26,31H,2,12-13H2,1H3,(H,25,30,32). The summed E-state index contributed by atoms with van der Waals surface area (Å²) in [6.07, 6.45) is 2.51. The normalized spacial score (nSPS) is 15.7. The quantitative estimate of drug-likeness (QED) is 0.454. The highest BCUT2D eigenvalue weighted by Crippen LogP contribution is 2.32. The molecule has 0 saturated carbocycles. The van der Waals surface area contributed by atoms with Crippen molar-refractivity contribution in [2.75, 3.05) is 0 Å². The number of fused-ring (bicyclic) bond motifs is 1. The molecule has 0 bridgehead atoms. The molecule has 3 N–H and O–H groups in total. The van der Waals surface area contributed by atoms with E-state index in [2.05, 4.69) is 45.3 Å². The SMILES string of the molecule is CCn1cc(C2CC(c3c(O)n(Cc4ccccc4)c(=O)[nH]c3=O)=NN2)c2ccccc21. The number of aromatic amines is 1. The topological polar surface area (TPSA) is 104 Å². The maximum Gasteiger partial charge on any atom is 0.331 e. The number of para-hydroxylation sites is 1. The molecule has 1 unspecified atom stereocenters. The number of nitrogens with zero attached hydrogens (tertiary/aromatic N) is 3. The Hall–Kier alpha value is -4.07. The molecular weight excluding hydrogens is 406 g/mol. The Kier molecular flexibility index (Phi) is 4.89. The van der Waals surface area contributed by atoms with Crippen LogP contribution in [0.1, 0.15) is 36.1 Å². The molecule has 0 fully saturated rings. The Bertz CT molecular complexity index is 1450. The van der Waals surface area contributed by atoms with E-state index in [0.717, 1.165) is 33.1 Å². The van der Waals surface area contributed by atoms with Crippen molar-refractivity contribution in [1.29, 1.82) is 0 Å². The number of aromatic nitrogens is 3. The Morgan fingerprint density at radius 3 is 2.62 bits per heavy atom. The number of H-pyrrole nitrogens is 1. The van der Waals surface area contributed by atoms with Crippen molar-refractivity contribution in [3.8, 4) is 5.88 Å². The van der Waals surface area contributed by atoms with Crippen LogP contribution in [0.4, 0.5) is 0 Å². The number of nitrogens with one attached hydrogen (secondary N) is 2. The van der Waals surface area contributed by atoms with Crippen LogP contribution in [0.3, 0.4) is 0 Å². The maximum absolute atomic E-state index is 12.6. The largest absolute Gasteiger partial charge is 0.494 e. The van der Waals surface area contributed by atoms with Crippen molar-refractivity contribution in [3.63, 3.8) is 0 Å². The number of rotatable bonds is 5. The highest BCUT2D eigenvalue weighted by atomic mass is 16.3. The summed E-state index contributed by atoms with van der Waals surface area (Å²) in [5.41, 5.74) is 5.30. The fraction of sp³-hybridized carbons (Fsp3) is 0.208. The molecule has 8 heteroatoms. The molecule has 2 aromatic heterocycles. The fourth-order valence-electron chi connectivity index (χ4n) is 4.33. The minimum atomic E-state index is -0.658. The summed E-state index contributed by atoms with van der Waals surface area (Å²) in [5.74, 6) is -0.375. The van der Waals surface area contributed by atoms with E-state index < -0.39 is 11.2 Å². The van der Waals surface area contributed by atoms with Gasteiger partial charge in [-0.25, -0.2) is 4.79 Å². The van der Waals surface area contributed by atoms with Gasteiger partial charge in [-0.15, -0.1) is 0 Å². The van der Waals surface area contributed by atoms with Crippen LogP contribution in [0, 0.1) is 0 Å². The Morgan fingerprint density at radius 1 is 1.09 bits per heavy atom. The zero-order valence-electron chi connectivity index (χ0n) is 17.6. The number of hydrogen-bond donors (Lipinski definition) is 3.